The van der Waals surface area contributed by atoms with Crippen LogP contribution in [0.2, 0.25) is 0 Å². The van der Waals surface area contributed by atoms with Crippen LogP contribution in [0.5, 0.6) is 0 Å². The van der Waals surface area contributed by atoms with Crippen molar-refractivity contribution >= 4 is 11.6 Å². The Morgan fingerprint density at radius 2 is 1.81 bits per heavy atom. The van der Waals surface area contributed by atoms with Crippen molar-refractivity contribution in [3.63, 3.8) is 0 Å². The number of amides is 1. The van der Waals surface area contributed by atoms with Gasteiger partial charge in [0.25, 0.3) is 0 Å². The molecule has 2 aromatic carbocycles. The predicted molar refractivity (Wildman–Crippen MR) is 89.9 cm³/mol. The molecule has 1 saturated carbocycles. The molecule has 0 saturated heterocycles. The lowest BCUT2D eigenvalue weighted by Gasteiger charge is -2.21. The normalized spacial score (nSPS) is 14.5. The number of alkyl halides is 3. The molecule has 0 unspecified atom stereocenters. The maximum absolute atomic E-state index is 13.0. The largest absolute Gasteiger partial charge is 0.416 e. The molecule has 3 rings (SSSR count). The van der Waals surface area contributed by atoms with Gasteiger partial charge in [0.05, 0.1) is 12.1 Å². The van der Waals surface area contributed by atoms with Gasteiger partial charge in [0.1, 0.15) is 5.82 Å². The highest BCUT2D eigenvalue weighted by Crippen LogP contribution is 2.31. The standard InChI is InChI=1S/C19H18F4N2O/c20-15-6-4-13(5-7-15)11-25(17-8-9-17)12-18(26)24-16-3-1-2-14(10-16)19(21,22)23/h1-7,10,17H,8-9,11-12H2,(H,24,26). The monoisotopic (exact) mass is 366 g/mol. The molecule has 0 bridgehead atoms. The number of hydrogen-bond donors (Lipinski definition) is 1. The van der Waals surface area contributed by atoms with E-state index in [1.807, 2.05) is 4.90 Å². The van der Waals surface area contributed by atoms with E-state index < -0.39 is 11.7 Å². The Hall–Kier alpha value is -2.41. The fourth-order valence-corrected chi connectivity index (χ4v) is 2.74. The van der Waals surface area contributed by atoms with Gasteiger partial charge in [-0.25, -0.2) is 4.39 Å². The smallest absolute Gasteiger partial charge is 0.325 e. The van der Waals surface area contributed by atoms with E-state index in [4.69, 9.17) is 0 Å². The van der Waals surface area contributed by atoms with E-state index in [1.165, 1.54) is 24.3 Å². The summed E-state index contributed by atoms with van der Waals surface area (Å²) in [6, 6.07) is 10.9. The van der Waals surface area contributed by atoms with Crippen LogP contribution in [0.15, 0.2) is 48.5 Å². The molecule has 0 spiro atoms. The quantitative estimate of drug-likeness (QED) is 0.767. The molecule has 138 valence electrons. The summed E-state index contributed by atoms with van der Waals surface area (Å²) in [5.74, 6) is -0.702. The van der Waals surface area contributed by atoms with E-state index in [1.54, 1.807) is 12.1 Å². The highest BCUT2D eigenvalue weighted by atomic mass is 19.4. The van der Waals surface area contributed by atoms with Crippen molar-refractivity contribution in [1.82, 2.24) is 4.90 Å². The summed E-state index contributed by atoms with van der Waals surface area (Å²) in [5, 5.41) is 2.52. The topological polar surface area (TPSA) is 32.3 Å². The lowest BCUT2D eigenvalue weighted by Crippen LogP contribution is -2.34. The number of nitrogens with one attached hydrogen (secondary N) is 1. The molecule has 0 radical (unpaired) electrons. The van der Waals surface area contributed by atoms with Crippen LogP contribution in [0.1, 0.15) is 24.0 Å². The first-order valence-corrected chi connectivity index (χ1v) is 8.27. The number of anilines is 1. The van der Waals surface area contributed by atoms with Crippen LogP contribution in [0, 0.1) is 5.82 Å². The van der Waals surface area contributed by atoms with Crippen molar-refractivity contribution in [3.8, 4) is 0 Å². The first kappa shape index (κ1) is 18.4. The van der Waals surface area contributed by atoms with Gasteiger partial charge in [0.15, 0.2) is 0 Å². The summed E-state index contributed by atoms with van der Waals surface area (Å²) in [7, 11) is 0. The van der Waals surface area contributed by atoms with Gasteiger partial charge < -0.3 is 5.32 Å². The van der Waals surface area contributed by atoms with E-state index in [-0.39, 0.29) is 30.0 Å². The van der Waals surface area contributed by atoms with Gasteiger partial charge >= 0.3 is 6.18 Å². The second-order valence-corrected chi connectivity index (χ2v) is 6.39. The molecule has 1 N–H and O–H groups in total. The summed E-state index contributed by atoms with van der Waals surface area (Å²) in [5.41, 5.74) is 0.188. The molecule has 26 heavy (non-hydrogen) atoms. The molecule has 0 aromatic heterocycles. The molecule has 0 heterocycles. The number of hydrogen-bond acceptors (Lipinski definition) is 2. The molecule has 2 aromatic rings. The number of rotatable bonds is 6. The SMILES string of the molecule is O=C(CN(Cc1ccc(F)cc1)C1CC1)Nc1cccc(C(F)(F)F)c1. The number of nitrogens with zero attached hydrogens (tertiary/aromatic N) is 1. The van der Waals surface area contributed by atoms with E-state index >= 15 is 0 Å². The summed E-state index contributed by atoms with van der Waals surface area (Å²) < 4.78 is 51.3. The predicted octanol–water partition coefficient (Wildman–Crippen LogP) is 4.45. The van der Waals surface area contributed by atoms with Gasteiger partial charge in [-0.1, -0.05) is 18.2 Å². The van der Waals surface area contributed by atoms with Crippen molar-refractivity contribution in [1.29, 1.82) is 0 Å². The Morgan fingerprint density at radius 3 is 2.42 bits per heavy atom. The summed E-state index contributed by atoms with van der Waals surface area (Å²) in [4.78, 5) is 14.2. The van der Waals surface area contributed by atoms with Crippen molar-refractivity contribution < 1.29 is 22.4 Å². The van der Waals surface area contributed by atoms with Crippen molar-refractivity contribution in [2.45, 2.75) is 31.6 Å². The first-order chi connectivity index (χ1) is 12.3. The number of carbonyl (C=O) groups is 1. The minimum Gasteiger partial charge on any atom is -0.325 e. The van der Waals surface area contributed by atoms with Gasteiger partial charge in [-0.05, 0) is 48.7 Å². The zero-order valence-corrected chi connectivity index (χ0v) is 13.9. The molecule has 7 heteroatoms. The maximum Gasteiger partial charge on any atom is 0.416 e. The minimum absolute atomic E-state index is 0.0677. The van der Waals surface area contributed by atoms with Crippen LogP contribution in [0.25, 0.3) is 0 Å². The van der Waals surface area contributed by atoms with E-state index in [9.17, 15) is 22.4 Å². The van der Waals surface area contributed by atoms with E-state index in [0.717, 1.165) is 30.5 Å². The summed E-state index contributed by atoms with van der Waals surface area (Å²) in [6.45, 7) is 0.555. The lowest BCUT2D eigenvalue weighted by atomic mass is 10.2. The molecule has 3 nitrogen and oxygen atoms in total. The Balaban J connectivity index is 1.63. The lowest BCUT2D eigenvalue weighted by molar-refractivity contribution is -0.137. The van der Waals surface area contributed by atoms with Gasteiger partial charge in [-0.3, -0.25) is 9.69 Å². The van der Waals surface area contributed by atoms with Crippen LogP contribution >= 0.6 is 0 Å². The average Bonchev–Trinajstić information content (AvgIpc) is 3.40. The average molecular weight is 366 g/mol. The van der Waals surface area contributed by atoms with Crippen LogP contribution in [-0.4, -0.2) is 23.4 Å². The second kappa shape index (κ2) is 7.45. The second-order valence-electron chi connectivity index (χ2n) is 6.39. The van der Waals surface area contributed by atoms with Gasteiger partial charge in [0.2, 0.25) is 5.91 Å². The van der Waals surface area contributed by atoms with Crippen LogP contribution in [-0.2, 0) is 17.5 Å². The molecular formula is C19H18F4N2O. The minimum atomic E-state index is -4.45. The molecule has 1 aliphatic carbocycles. The zero-order chi connectivity index (χ0) is 18.7. The van der Waals surface area contributed by atoms with Crippen LogP contribution in [0.3, 0.4) is 0 Å². The number of benzene rings is 2. The summed E-state index contributed by atoms with van der Waals surface area (Å²) in [6.07, 6.45) is -2.51. The number of halogens is 4. The third-order valence-corrected chi connectivity index (χ3v) is 4.18. The Bertz CT molecular complexity index is 770. The Morgan fingerprint density at radius 1 is 1.12 bits per heavy atom. The molecule has 1 amide bonds. The van der Waals surface area contributed by atoms with Crippen LogP contribution in [0.4, 0.5) is 23.2 Å². The van der Waals surface area contributed by atoms with E-state index in [0.29, 0.717) is 6.54 Å². The highest BCUT2D eigenvalue weighted by molar-refractivity contribution is 5.92. The van der Waals surface area contributed by atoms with Crippen molar-refractivity contribution in [3.05, 3.63) is 65.5 Å². The molecule has 1 fully saturated rings. The van der Waals surface area contributed by atoms with Gasteiger partial charge in [-0.2, -0.15) is 13.2 Å². The highest BCUT2D eigenvalue weighted by Gasteiger charge is 2.32. The number of carbonyl (C=O) groups excluding carboxylic acids is 1. The Kier molecular flexibility index (Phi) is 5.27. The van der Waals surface area contributed by atoms with Crippen molar-refractivity contribution in [2.24, 2.45) is 0 Å². The molecule has 0 aliphatic heterocycles. The van der Waals surface area contributed by atoms with Crippen LogP contribution < -0.4 is 5.32 Å². The zero-order valence-electron chi connectivity index (χ0n) is 13.9. The molecule has 0 atom stereocenters. The first-order valence-electron chi connectivity index (χ1n) is 8.27. The van der Waals surface area contributed by atoms with Gasteiger partial charge in [0, 0.05) is 18.3 Å². The Labute approximate surface area is 148 Å². The fourth-order valence-electron chi connectivity index (χ4n) is 2.74. The third kappa shape index (κ3) is 5.05. The molecular weight excluding hydrogens is 348 g/mol. The summed E-state index contributed by atoms with van der Waals surface area (Å²) >= 11 is 0. The third-order valence-electron chi connectivity index (χ3n) is 4.18. The molecule has 1 aliphatic rings. The van der Waals surface area contributed by atoms with E-state index in [2.05, 4.69) is 5.32 Å². The van der Waals surface area contributed by atoms with Crippen molar-refractivity contribution in [2.75, 3.05) is 11.9 Å². The van der Waals surface area contributed by atoms with Gasteiger partial charge in [-0.15, -0.1) is 0 Å². The maximum atomic E-state index is 13.0. The fraction of sp³-hybridized carbons (Fsp3) is 0.316.